The van der Waals surface area contributed by atoms with E-state index < -0.39 is 43.1 Å². The SMILES string of the molecule is N=C1N=C2C(N=C(I)N2[C@@H]2O[C@H](CO)[C@@H](O)[C@H]2O)C(=O)N1. The molecule has 0 saturated carbocycles. The third-order valence-electron chi connectivity index (χ3n) is 3.41. The van der Waals surface area contributed by atoms with Gasteiger partial charge in [-0.25, -0.2) is 4.99 Å². The van der Waals surface area contributed by atoms with Crippen molar-refractivity contribution in [3.05, 3.63) is 0 Å². The van der Waals surface area contributed by atoms with Gasteiger partial charge in [0.25, 0.3) is 5.91 Å². The summed E-state index contributed by atoms with van der Waals surface area (Å²) in [4.78, 5) is 21.2. The number of amidine groups is 2. The summed E-state index contributed by atoms with van der Waals surface area (Å²) in [6, 6.07) is -0.910. The van der Waals surface area contributed by atoms with Crippen LogP contribution in [0.25, 0.3) is 0 Å². The lowest BCUT2D eigenvalue weighted by molar-refractivity contribution is -0.119. The largest absolute Gasteiger partial charge is 0.394 e. The van der Waals surface area contributed by atoms with Gasteiger partial charge in [0.1, 0.15) is 18.3 Å². The van der Waals surface area contributed by atoms with Gasteiger partial charge < -0.3 is 20.1 Å². The molecule has 5 atom stereocenters. The first-order valence-corrected chi connectivity index (χ1v) is 7.15. The Morgan fingerprint density at radius 1 is 1.43 bits per heavy atom. The highest BCUT2D eigenvalue weighted by Gasteiger charge is 2.51. The van der Waals surface area contributed by atoms with Gasteiger partial charge in [-0.3, -0.25) is 20.4 Å². The fraction of sp³-hybridized carbons (Fsp3) is 0.600. The monoisotopic (exact) mass is 409 g/mol. The summed E-state index contributed by atoms with van der Waals surface area (Å²) in [5, 5.41) is 38.7. The first-order chi connectivity index (χ1) is 9.93. The highest BCUT2D eigenvalue weighted by atomic mass is 127. The lowest BCUT2D eigenvalue weighted by Crippen LogP contribution is -2.53. The van der Waals surface area contributed by atoms with E-state index in [4.69, 9.17) is 15.3 Å². The van der Waals surface area contributed by atoms with Crippen molar-refractivity contribution in [3.8, 4) is 0 Å². The Kier molecular flexibility index (Phi) is 3.69. The number of aliphatic hydroxyl groups is 3. The number of hydrogen-bond donors (Lipinski definition) is 5. The molecule has 0 radical (unpaired) electrons. The number of aliphatic imine (C=N–C) groups is 2. The van der Waals surface area contributed by atoms with Crippen molar-refractivity contribution in [2.45, 2.75) is 30.6 Å². The molecule has 114 valence electrons. The van der Waals surface area contributed by atoms with Gasteiger partial charge in [-0.1, -0.05) is 0 Å². The molecular weight excluding hydrogens is 397 g/mol. The molecule has 21 heavy (non-hydrogen) atoms. The number of hydrogen-bond acceptors (Lipinski definition) is 8. The smallest absolute Gasteiger partial charge is 0.259 e. The fourth-order valence-corrected chi connectivity index (χ4v) is 3.20. The number of halogens is 1. The highest BCUT2D eigenvalue weighted by molar-refractivity contribution is 14.1. The summed E-state index contributed by atoms with van der Waals surface area (Å²) >= 11 is 1.85. The van der Waals surface area contributed by atoms with E-state index >= 15 is 0 Å². The number of nitrogens with one attached hydrogen (secondary N) is 2. The van der Waals surface area contributed by atoms with E-state index in [1.54, 1.807) is 0 Å². The first kappa shape index (κ1) is 14.8. The summed E-state index contributed by atoms with van der Waals surface area (Å²) in [6.07, 6.45) is -4.54. The highest BCUT2D eigenvalue weighted by Crippen LogP contribution is 2.30. The van der Waals surface area contributed by atoms with Gasteiger partial charge in [-0.2, -0.15) is 4.99 Å². The summed E-state index contributed by atoms with van der Waals surface area (Å²) < 4.78 is 5.76. The summed E-state index contributed by atoms with van der Waals surface area (Å²) in [7, 11) is 0. The van der Waals surface area contributed by atoms with E-state index in [0.29, 0.717) is 3.84 Å². The minimum Gasteiger partial charge on any atom is -0.394 e. The van der Waals surface area contributed by atoms with Crippen LogP contribution >= 0.6 is 22.6 Å². The predicted molar refractivity (Wildman–Crippen MR) is 78.1 cm³/mol. The van der Waals surface area contributed by atoms with E-state index in [2.05, 4.69) is 15.3 Å². The molecule has 0 bridgehead atoms. The summed E-state index contributed by atoms with van der Waals surface area (Å²) in [5.74, 6) is -0.666. The Labute approximate surface area is 132 Å². The van der Waals surface area contributed by atoms with E-state index in [1.165, 1.54) is 4.90 Å². The molecule has 10 nitrogen and oxygen atoms in total. The number of carbonyl (C=O) groups is 1. The molecule has 3 aliphatic heterocycles. The van der Waals surface area contributed by atoms with Crippen molar-refractivity contribution in [2.24, 2.45) is 9.98 Å². The standard InChI is InChI=1S/C10H12IN5O5/c11-9-13-3-6(14-10(12)15-7(3)20)16(9)8-5(19)4(18)2(1-17)21-8/h2-5,8,17-19H,1H2,(H2,12,15,20)/t2-,3?,4-,5-,8-/m1/s1. The van der Waals surface area contributed by atoms with Crippen molar-refractivity contribution in [1.29, 1.82) is 5.41 Å². The Bertz CT molecular complexity index is 566. The lowest BCUT2D eigenvalue weighted by atomic mass is 10.1. The number of amides is 1. The minimum absolute atomic E-state index is 0.156. The number of nitrogens with zero attached hydrogens (tertiary/aromatic N) is 3. The molecule has 3 heterocycles. The third kappa shape index (κ3) is 2.24. The molecule has 3 rings (SSSR count). The maximum atomic E-state index is 11.8. The van der Waals surface area contributed by atoms with Crippen molar-refractivity contribution in [1.82, 2.24) is 10.2 Å². The van der Waals surface area contributed by atoms with Crippen LogP contribution in [-0.4, -0.2) is 79.0 Å². The quantitative estimate of drug-likeness (QED) is 0.249. The number of rotatable bonds is 2. The van der Waals surface area contributed by atoms with Crippen LogP contribution in [0, 0.1) is 5.41 Å². The van der Waals surface area contributed by atoms with E-state index in [0.717, 1.165) is 0 Å². The number of ether oxygens (including phenoxy) is 1. The molecule has 0 aliphatic carbocycles. The molecule has 0 spiro atoms. The number of aliphatic hydroxyl groups excluding tert-OH is 3. The van der Waals surface area contributed by atoms with Gasteiger partial charge in [-0.05, 0) is 22.6 Å². The van der Waals surface area contributed by atoms with Crippen LogP contribution in [0.4, 0.5) is 0 Å². The van der Waals surface area contributed by atoms with E-state index in [1.807, 2.05) is 22.6 Å². The van der Waals surface area contributed by atoms with E-state index in [-0.39, 0.29) is 11.8 Å². The van der Waals surface area contributed by atoms with Crippen molar-refractivity contribution >= 4 is 44.1 Å². The topological polar surface area (TPSA) is 151 Å². The lowest BCUT2D eigenvalue weighted by Gasteiger charge is -2.29. The maximum absolute atomic E-state index is 11.8. The molecule has 1 unspecified atom stereocenters. The van der Waals surface area contributed by atoms with Crippen LogP contribution < -0.4 is 5.32 Å². The fourth-order valence-electron chi connectivity index (χ4n) is 2.40. The average molecular weight is 409 g/mol. The number of carbonyl (C=O) groups excluding carboxylic acids is 1. The third-order valence-corrected chi connectivity index (χ3v) is 4.21. The van der Waals surface area contributed by atoms with Crippen LogP contribution in [0.2, 0.25) is 0 Å². The van der Waals surface area contributed by atoms with Gasteiger partial charge in [-0.15, -0.1) is 0 Å². The normalized spacial score (nSPS) is 39.0. The molecule has 5 N–H and O–H groups in total. The van der Waals surface area contributed by atoms with Crippen LogP contribution in [0.15, 0.2) is 9.98 Å². The second-order valence-corrected chi connectivity index (χ2v) is 5.67. The minimum atomic E-state index is -1.30. The average Bonchev–Trinajstić information content (AvgIpc) is 2.89. The Morgan fingerprint density at radius 2 is 2.14 bits per heavy atom. The second kappa shape index (κ2) is 5.24. The van der Waals surface area contributed by atoms with Gasteiger partial charge in [0.05, 0.1) is 6.61 Å². The summed E-state index contributed by atoms with van der Waals surface area (Å²) in [6.45, 7) is -0.456. The molecule has 0 aromatic carbocycles. The molecule has 0 aromatic heterocycles. The summed E-state index contributed by atoms with van der Waals surface area (Å²) in [5.41, 5.74) is 0. The molecular formula is C10H12IN5O5. The number of guanidine groups is 1. The Balaban J connectivity index is 1.94. The Hall–Kier alpha value is -1.15. The Morgan fingerprint density at radius 3 is 2.76 bits per heavy atom. The van der Waals surface area contributed by atoms with E-state index in [9.17, 15) is 15.0 Å². The van der Waals surface area contributed by atoms with Crippen LogP contribution in [-0.2, 0) is 9.53 Å². The van der Waals surface area contributed by atoms with Gasteiger partial charge in [0.15, 0.2) is 21.9 Å². The maximum Gasteiger partial charge on any atom is 0.259 e. The first-order valence-electron chi connectivity index (χ1n) is 6.07. The van der Waals surface area contributed by atoms with Crippen molar-refractivity contribution in [2.75, 3.05) is 6.61 Å². The molecule has 1 fully saturated rings. The van der Waals surface area contributed by atoms with Crippen molar-refractivity contribution in [3.63, 3.8) is 0 Å². The van der Waals surface area contributed by atoms with Crippen LogP contribution in [0.3, 0.4) is 0 Å². The molecule has 0 aromatic rings. The molecule has 3 aliphatic rings. The van der Waals surface area contributed by atoms with Crippen LogP contribution in [0.1, 0.15) is 0 Å². The molecule has 1 amide bonds. The zero-order valence-corrected chi connectivity index (χ0v) is 12.6. The van der Waals surface area contributed by atoms with Gasteiger partial charge >= 0.3 is 0 Å². The zero-order chi connectivity index (χ0) is 15.3. The van der Waals surface area contributed by atoms with Gasteiger partial charge in [0.2, 0.25) is 5.96 Å². The molecule has 11 heteroatoms. The van der Waals surface area contributed by atoms with Gasteiger partial charge in [0, 0.05) is 0 Å². The number of fused-ring (bicyclic) bond motifs is 1. The second-order valence-electron chi connectivity index (χ2n) is 4.71. The predicted octanol–water partition coefficient (Wildman–Crippen LogP) is -2.64. The van der Waals surface area contributed by atoms with Crippen molar-refractivity contribution < 1.29 is 24.9 Å². The molecule has 1 saturated heterocycles. The zero-order valence-electron chi connectivity index (χ0n) is 10.5. The van der Waals surface area contributed by atoms with Crippen LogP contribution in [0.5, 0.6) is 0 Å².